The fourth-order valence-electron chi connectivity index (χ4n) is 1.35. The lowest BCUT2D eigenvalue weighted by Gasteiger charge is -2.18. The average molecular weight is 242 g/mol. The van der Waals surface area contributed by atoms with Gasteiger partial charge in [-0.2, -0.15) is 5.26 Å². The highest BCUT2D eigenvalue weighted by atomic mass is 16.5. The van der Waals surface area contributed by atoms with Crippen molar-refractivity contribution in [2.45, 2.75) is 6.92 Å². The highest BCUT2D eigenvalue weighted by molar-refractivity contribution is 5.78. The SMILES string of the molecule is C#CCN(CC)C(=O)COc1ccc(C#N)cc1. The van der Waals surface area contributed by atoms with Crippen LogP contribution in [0.25, 0.3) is 0 Å². The molecule has 0 heterocycles. The predicted molar refractivity (Wildman–Crippen MR) is 67.7 cm³/mol. The molecule has 4 heteroatoms. The normalized spacial score (nSPS) is 9.06. The molecule has 1 amide bonds. The van der Waals surface area contributed by atoms with Crippen molar-refractivity contribution in [3.05, 3.63) is 29.8 Å². The summed E-state index contributed by atoms with van der Waals surface area (Å²) in [5.74, 6) is 2.83. The Morgan fingerprint density at radius 2 is 2.11 bits per heavy atom. The Hall–Kier alpha value is -2.46. The molecular formula is C14H14N2O2. The first-order chi connectivity index (χ1) is 8.71. The molecule has 0 atom stereocenters. The van der Waals surface area contributed by atoms with E-state index in [1.807, 2.05) is 13.0 Å². The number of hydrogen-bond donors (Lipinski definition) is 0. The number of rotatable bonds is 5. The van der Waals surface area contributed by atoms with Crippen molar-refractivity contribution >= 4 is 5.91 Å². The Balaban J connectivity index is 2.52. The zero-order chi connectivity index (χ0) is 13.4. The number of ether oxygens (including phenoxy) is 1. The van der Waals surface area contributed by atoms with Crippen LogP contribution in [0.15, 0.2) is 24.3 Å². The predicted octanol–water partition coefficient (Wildman–Crippen LogP) is 1.42. The topological polar surface area (TPSA) is 53.3 Å². The van der Waals surface area contributed by atoms with E-state index in [-0.39, 0.29) is 19.1 Å². The van der Waals surface area contributed by atoms with Gasteiger partial charge in [0, 0.05) is 6.54 Å². The molecular weight excluding hydrogens is 228 g/mol. The van der Waals surface area contributed by atoms with Crippen LogP contribution in [-0.2, 0) is 4.79 Å². The second kappa shape index (κ2) is 6.98. The summed E-state index contributed by atoms with van der Waals surface area (Å²) in [6, 6.07) is 8.60. The standard InChI is InChI=1S/C14H14N2O2/c1-3-9-16(4-2)14(17)11-18-13-7-5-12(10-15)6-8-13/h1,5-8H,4,9,11H2,2H3. The van der Waals surface area contributed by atoms with Crippen molar-refractivity contribution in [2.24, 2.45) is 0 Å². The third kappa shape index (κ3) is 3.84. The van der Waals surface area contributed by atoms with Gasteiger partial charge in [-0.25, -0.2) is 0 Å². The molecule has 92 valence electrons. The Bertz CT molecular complexity index is 480. The van der Waals surface area contributed by atoms with E-state index in [0.717, 1.165) is 0 Å². The smallest absolute Gasteiger partial charge is 0.261 e. The highest BCUT2D eigenvalue weighted by Gasteiger charge is 2.10. The van der Waals surface area contributed by atoms with Crippen molar-refractivity contribution in [3.63, 3.8) is 0 Å². The maximum atomic E-state index is 11.7. The van der Waals surface area contributed by atoms with Crippen LogP contribution < -0.4 is 4.74 Å². The molecule has 0 saturated carbocycles. The number of nitriles is 1. The lowest BCUT2D eigenvalue weighted by atomic mass is 10.2. The maximum absolute atomic E-state index is 11.7. The Kier molecular flexibility index (Phi) is 5.28. The molecule has 1 aromatic carbocycles. The van der Waals surface area contributed by atoms with E-state index in [9.17, 15) is 4.79 Å². The van der Waals surface area contributed by atoms with Crippen LogP contribution in [0.5, 0.6) is 5.75 Å². The summed E-state index contributed by atoms with van der Waals surface area (Å²) in [5, 5.41) is 8.64. The van der Waals surface area contributed by atoms with Gasteiger partial charge in [-0.15, -0.1) is 6.42 Å². The number of benzene rings is 1. The number of likely N-dealkylation sites (N-methyl/N-ethyl adjacent to an activating group) is 1. The first-order valence-corrected chi connectivity index (χ1v) is 5.55. The minimum atomic E-state index is -0.153. The van der Waals surface area contributed by atoms with Gasteiger partial charge >= 0.3 is 0 Å². The van der Waals surface area contributed by atoms with Crippen LogP contribution in [0, 0.1) is 23.7 Å². The summed E-state index contributed by atoms with van der Waals surface area (Å²) in [6.45, 7) is 2.64. The molecule has 0 aromatic heterocycles. The maximum Gasteiger partial charge on any atom is 0.261 e. The summed E-state index contributed by atoms with van der Waals surface area (Å²) in [6.07, 6.45) is 5.17. The molecule has 4 nitrogen and oxygen atoms in total. The van der Waals surface area contributed by atoms with Crippen LogP contribution in [0.3, 0.4) is 0 Å². The Labute approximate surface area is 107 Å². The summed E-state index contributed by atoms with van der Waals surface area (Å²) in [5.41, 5.74) is 0.552. The summed E-state index contributed by atoms with van der Waals surface area (Å²) < 4.78 is 5.33. The van der Waals surface area contributed by atoms with Crippen molar-refractivity contribution < 1.29 is 9.53 Å². The fourth-order valence-corrected chi connectivity index (χ4v) is 1.35. The van der Waals surface area contributed by atoms with Gasteiger partial charge in [-0.1, -0.05) is 5.92 Å². The fraction of sp³-hybridized carbons (Fsp3) is 0.286. The largest absolute Gasteiger partial charge is 0.484 e. The van der Waals surface area contributed by atoms with E-state index >= 15 is 0 Å². The molecule has 0 radical (unpaired) electrons. The monoisotopic (exact) mass is 242 g/mol. The van der Waals surface area contributed by atoms with E-state index in [1.54, 1.807) is 24.3 Å². The summed E-state index contributed by atoms with van der Waals surface area (Å²) in [4.78, 5) is 13.2. The molecule has 0 aliphatic carbocycles. The molecule has 18 heavy (non-hydrogen) atoms. The highest BCUT2D eigenvalue weighted by Crippen LogP contribution is 2.11. The second-order valence-electron chi connectivity index (χ2n) is 3.54. The van der Waals surface area contributed by atoms with Crippen LogP contribution in [0.2, 0.25) is 0 Å². The van der Waals surface area contributed by atoms with Crippen LogP contribution >= 0.6 is 0 Å². The van der Waals surface area contributed by atoms with Gasteiger partial charge in [-0.05, 0) is 31.2 Å². The molecule has 0 fully saturated rings. The van der Waals surface area contributed by atoms with Crippen molar-refractivity contribution in [1.29, 1.82) is 5.26 Å². The molecule has 0 spiro atoms. The van der Waals surface area contributed by atoms with E-state index in [1.165, 1.54) is 4.90 Å². The molecule has 1 aromatic rings. The zero-order valence-corrected chi connectivity index (χ0v) is 10.2. The van der Waals surface area contributed by atoms with Crippen LogP contribution in [0.1, 0.15) is 12.5 Å². The van der Waals surface area contributed by atoms with Crippen molar-refractivity contribution in [3.8, 4) is 24.2 Å². The van der Waals surface area contributed by atoms with Crippen LogP contribution in [-0.4, -0.2) is 30.5 Å². The van der Waals surface area contributed by atoms with Crippen molar-refractivity contribution in [2.75, 3.05) is 19.7 Å². The van der Waals surface area contributed by atoms with Gasteiger partial charge in [-0.3, -0.25) is 4.79 Å². The average Bonchev–Trinajstić information content (AvgIpc) is 2.42. The number of carbonyl (C=O) groups excluding carboxylic acids is 1. The summed E-state index contributed by atoms with van der Waals surface area (Å²) >= 11 is 0. The first kappa shape index (κ1) is 13.6. The zero-order valence-electron chi connectivity index (χ0n) is 10.2. The Morgan fingerprint density at radius 3 is 2.61 bits per heavy atom. The van der Waals surface area contributed by atoms with Crippen LogP contribution in [0.4, 0.5) is 0 Å². The third-order valence-corrected chi connectivity index (χ3v) is 2.36. The molecule has 0 aliphatic heterocycles. The lowest BCUT2D eigenvalue weighted by molar-refractivity contribution is -0.132. The summed E-state index contributed by atoms with van der Waals surface area (Å²) in [7, 11) is 0. The van der Waals surface area contributed by atoms with E-state index in [4.69, 9.17) is 16.4 Å². The van der Waals surface area contributed by atoms with Gasteiger partial charge in [0.05, 0.1) is 18.2 Å². The number of terminal acetylenes is 1. The number of amides is 1. The van der Waals surface area contributed by atoms with Gasteiger partial charge in [0.2, 0.25) is 0 Å². The lowest BCUT2D eigenvalue weighted by Crippen LogP contribution is -2.35. The Morgan fingerprint density at radius 1 is 1.44 bits per heavy atom. The minimum absolute atomic E-state index is 0.0541. The van der Waals surface area contributed by atoms with E-state index in [2.05, 4.69) is 5.92 Å². The number of hydrogen-bond acceptors (Lipinski definition) is 3. The van der Waals surface area contributed by atoms with E-state index in [0.29, 0.717) is 17.9 Å². The second-order valence-corrected chi connectivity index (χ2v) is 3.54. The van der Waals surface area contributed by atoms with E-state index < -0.39 is 0 Å². The number of carbonyl (C=O) groups is 1. The van der Waals surface area contributed by atoms with Gasteiger partial charge in [0.15, 0.2) is 6.61 Å². The molecule has 0 aliphatic rings. The molecule has 0 N–H and O–H groups in total. The quantitative estimate of drug-likeness (QED) is 0.734. The molecule has 1 rings (SSSR count). The molecule has 0 saturated heterocycles. The molecule has 0 unspecified atom stereocenters. The number of nitrogens with zero attached hydrogens (tertiary/aromatic N) is 2. The van der Waals surface area contributed by atoms with Crippen molar-refractivity contribution in [1.82, 2.24) is 4.90 Å². The van der Waals surface area contributed by atoms with Gasteiger partial charge < -0.3 is 9.64 Å². The third-order valence-electron chi connectivity index (χ3n) is 2.36. The van der Waals surface area contributed by atoms with Gasteiger partial charge in [0.1, 0.15) is 5.75 Å². The first-order valence-electron chi connectivity index (χ1n) is 5.55. The molecule has 0 bridgehead atoms. The van der Waals surface area contributed by atoms with Gasteiger partial charge in [0.25, 0.3) is 5.91 Å². The minimum Gasteiger partial charge on any atom is -0.484 e.